The van der Waals surface area contributed by atoms with Crippen molar-refractivity contribution in [1.29, 1.82) is 0 Å². The number of aromatic nitrogens is 1. The number of nitrogens with one attached hydrogen (secondary N) is 2. The molecule has 0 aliphatic heterocycles. The highest BCUT2D eigenvalue weighted by molar-refractivity contribution is 7.89. The minimum Gasteiger partial charge on any atom is -0.307 e. The van der Waals surface area contributed by atoms with Crippen LogP contribution in [0.2, 0.25) is 0 Å². The Morgan fingerprint density at radius 3 is 2.70 bits per heavy atom. The zero-order chi connectivity index (χ0) is 14.6. The van der Waals surface area contributed by atoms with Crippen molar-refractivity contribution in [3.8, 4) is 0 Å². The first-order valence-electron chi connectivity index (χ1n) is 6.94. The van der Waals surface area contributed by atoms with Gasteiger partial charge in [-0.1, -0.05) is 19.8 Å². The molecule has 2 rings (SSSR count). The highest BCUT2D eigenvalue weighted by Crippen LogP contribution is 2.40. The molecule has 0 atom stereocenters. The predicted octanol–water partition coefficient (Wildman–Crippen LogP) is 1.62. The van der Waals surface area contributed by atoms with Crippen LogP contribution in [0.25, 0.3) is 0 Å². The van der Waals surface area contributed by atoms with Crippen LogP contribution in [0, 0.1) is 5.41 Å². The molecule has 0 spiro atoms. The van der Waals surface area contributed by atoms with Crippen LogP contribution in [0.5, 0.6) is 0 Å². The molecule has 0 bridgehead atoms. The van der Waals surface area contributed by atoms with Crippen molar-refractivity contribution in [2.75, 3.05) is 12.0 Å². The number of nitrogens with two attached hydrogens (primary N) is 1. The normalized spacial score (nSPS) is 18.1. The van der Waals surface area contributed by atoms with Crippen molar-refractivity contribution in [1.82, 2.24) is 9.71 Å². The largest absolute Gasteiger partial charge is 0.307 e. The van der Waals surface area contributed by atoms with Gasteiger partial charge in [-0.05, 0) is 36.8 Å². The highest BCUT2D eigenvalue weighted by Gasteiger charge is 2.33. The van der Waals surface area contributed by atoms with Crippen LogP contribution in [0.1, 0.15) is 39.0 Å². The molecule has 0 radical (unpaired) electrons. The fraction of sp³-hybridized carbons (Fsp3) is 0.615. The number of hydrogen-bond donors (Lipinski definition) is 3. The molecular weight excluding hydrogens is 276 g/mol. The quantitative estimate of drug-likeness (QED) is 0.547. The van der Waals surface area contributed by atoms with Crippen LogP contribution in [-0.4, -0.2) is 19.9 Å². The lowest BCUT2D eigenvalue weighted by atomic mass is 9.84. The molecule has 1 aromatic rings. The Kier molecular flexibility index (Phi) is 4.62. The van der Waals surface area contributed by atoms with Crippen molar-refractivity contribution >= 4 is 15.8 Å². The molecule has 0 aromatic carbocycles. The lowest BCUT2D eigenvalue weighted by Crippen LogP contribution is -2.36. The van der Waals surface area contributed by atoms with E-state index in [1.807, 2.05) is 0 Å². The number of nitrogen functional groups attached to an aromatic ring is 1. The Morgan fingerprint density at radius 2 is 2.10 bits per heavy atom. The summed E-state index contributed by atoms with van der Waals surface area (Å²) < 4.78 is 27.5. The zero-order valence-electron chi connectivity index (χ0n) is 11.7. The van der Waals surface area contributed by atoms with Gasteiger partial charge in [0.15, 0.2) is 5.82 Å². The second kappa shape index (κ2) is 6.07. The van der Waals surface area contributed by atoms with Gasteiger partial charge >= 0.3 is 0 Å². The fourth-order valence-electron chi connectivity index (χ4n) is 2.82. The molecule has 1 aliphatic carbocycles. The Balaban J connectivity index is 2.15. The predicted molar refractivity (Wildman–Crippen MR) is 78.4 cm³/mol. The maximum absolute atomic E-state index is 12.4. The van der Waals surface area contributed by atoms with Crippen LogP contribution in [0.4, 0.5) is 5.82 Å². The molecule has 1 aromatic heterocycles. The van der Waals surface area contributed by atoms with Crippen molar-refractivity contribution < 1.29 is 8.42 Å². The summed E-state index contributed by atoms with van der Waals surface area (Å²) in [5.74, 6) is 5.48. The summed E-state index contributed by atoms with van der Waals surface area (Å²) >= 11 is 0. The van der Waals surface area contributed by atoms with E-state index in [4.69, 9.17) is 5.84 Å². The second-order valence-electron chi connectivity index (χ2n) is 5.38. The van der Waals surface area contributed by atoms with Gasteiger partial charge in [0, 0.05) is 12.7 Å². The second-order valence-corrected chi connectivity index (χ2v) is 7.12. The lowest BCUT2D eigenvalue weighted by molar-refractivity contribution is 0.285. The number of sulfonamides is 1. The molecule has 0 saturated heterocycles. The van der Waals surface area contributed by atoms with Crippen LogP contribution < -0.4 is 16.0 Å². The number of nitrogens with zero attached hydrogens (tertiary/aromatic N) is 1. The summed E-state index contributed by atoms with van der Waals surface area (Å²) in [4.78, 5) is 4.02. The van der Waals surface area contributed by atoms with Gasteiger partial charge in [-0.2, -0.15) is 0 Å². The first-order chi connectivity index (χ1) is 9.53. The Labute approximate surface area is 120 Å². The standard InChI is InChI=1S/C13H22N4O2S/c1-2-13(7-3-4-8-13)10-16-20(18,19)11-6-5-9-15-12(11)17-14/h5-6,9,16H,2-4,7-8,10,14H2,1H3,(H,15,17). The summed E-state index contributed by atoms with van der Waals surface area (Å²) in [6.07, 6.45) is 7.02. The van der Waals surface area contributed by atoms with Gasteiger partial charge in [0.05, 0.1) is 0 Å². The van der Waals surface area contributed by atoms with Crippen LogP contribution in [0.3, 0.4) is 0 Å². The van der Waals surface area contributed by atoms with Gasteiger partial charge in [-0.15, -0.1) is 0 Å². The van der Waals surface area contributed by atoms with E-state index in [9.17, 15) is 8.42 Å². The molecule has 7 heteroatoms. The summed E-state index contributed by atoms with van der Waals surface area (Å²) in [7, 11) is -3.59. The highest BCUT2D eigenvalue weighted by atomic mass is 32.2. The van der Waals surface area contributed by atoms with E-state index in [1.165, 1.54) is 25.1 Å². The number of hydrazine groups is 1. The Bertz CT molecular complexity index is 553. The molecule has 1 aliphatic rings. The average molecular weight is 298 g/mol. The number of anilines is 1. The van der Waals surface area contributed by atoms with E-state index in [0.29, 0.717) is 6.54 Å². The molecule has 4 N–H and O–H groups in total. The molecule has 1 heterocycles. The van der Waals surface area contributed by atoms with Crippen molar-refractivity contribution in [3.63, 3.8) is 0 Å². The first-order valence-corrected chi connectivity index (χ1v) is 8.43. The molecule has 0 unspecified atom stereocenters. The van der Waals surface area contributed by atoms with Gasteiger partial charge in [0.25, 0.3) is 0 Å². The van der Waals surface area contributed by atoms with Gasteiger partial charge in [0.2, 0.25) is 10.0 Å². The van der Waals surface area contributed by atoms with E-state index >= 15 is 0 Å². The average Bonchev–Trinajstić information content (AvgIpc) is 2.95. The van der Waals surface area contributed by atoms with Crippen molar-refractivity contribution in [3.05, 3.63) is 18.3 Å². The minimum atomic E-state index is -3.59. The lowest BCUT2D eigenvalue weighted by Gasteiger charge is -2.27. The molecule has 20 heavy (non-hydrogen) atoms. The van der Waals surface area contributed by atoms with Crippen LogP contribution >= 0.6 is 0 Å². The third-order valence-electron chi connectivity index (χ3n) is 4.25. The monoisotopic (exact) mass is 298 g/mol. The third kappa shape index (κ3) is 3.11. The van der Waals surface area contributed by atoms with Crippen LogP contribution in [-0.2, 0) is 10.0 Å². The van der Waals surface area contributed by atoms with Gasteiger partial charge in [-0.3, -0.25) is 0 Å². The molecule has 1 saturated carbocycles. The Hall–Kier alpha value is -1.18. The molecule has 0 amide bonds. The van der Waals surface area contributed by atoms with E-state index in [2.05, 4.69) is 22.1 Å². The SMILES string of the molecule is CCC1(CNS(=O)(=O)c2cccnc2NN)CCCC1. The fourth-order valence-corrected chi connectivity index (χ4v) is 4.10. The number of pyridine rings is 1. The summed E-state index contributed by atoms with van der Waals surface area (Å²) in [5, 5.41) is 0. The van der Waals surface area contributed by atoms with Crippen molar-refractivity contribution in [2.45, 2.75) is 43.9 Å². The molecular formula is C13H22N4O2S. The van der Waals surface area contributed by atoms with E-state index < -0.39 is 10.0 Å². The maximum atomic E-state index is 12.4. The number of hydrogen-bond acceptors (Lipinski definition) is 5. The number of rotatable bonds is 6. The van der Waals surface area contributed by atoms with E-state index in [-0.39, 0.29) is 16.1 Å². The minimum absolute atomic E-state index is 0.0896. The van der Waals surface area contributed by atoms with Crippen molar-refractivity contribution in [2.24, 2.45) is 11.3 Å². The Morgan fingerprint density at radius 1 is 1.40 bits per heavy atom. The third-order valence-corrected chi connectivity index (χ3v) is 5.68. The molecule has 6 nitrogen and oxygen atoms in total. The van der Waals surface area contributed by atoms with Gasteiger partial charge in [0.1, 0.15) is 4.90 Å². The maximum Gasteiger partial charge on any atom is 0.244 e. The zero-order valence-corrected chi connectivity index (χ0v) is 12.5. The van der Waals surface area contributed by atoms with Crippen LogP contribution in [0.15, 0.2) is 23.2 Å². The summed E-state index contributed by atoms with van der Waals surface area (Å²) in [5.41, 5.74) is 2.43. The topological polar surface area (TPSA) is 97.1 Å². The summed E-state index contributed by atoms with van der Waals surface area (Å²) in [6, 6.07) is 3.08. The first kappa shape index (κ1) is 15.2. The van der Waals surface area contributed by atoms with E-state index in [0.717, 1.165) is 19.3 Å². The molecule has 112 valence electrons. The molecule has 1 fully saturated rings. The summed E-state index contributed by atoms with van der Waals surface area (Å²) in [6.45, 7) is 2.60. The van der Waals surface area contributed by atoms with E-state index in [1.54, 1.807) is 6.07 Å². The van der Waals surface area contributed by atoms with Gasteiger partial charge in [-0.25, -0.2) is 24.0 Å². The smallest absolute Gasteiger partial charge is 0.244 e. The van der Waals surface area contributed by atoms with Gasteiger partial charge < -0.3 is 5.43 Å².